The summed E-state index contributed by atoms with van der Waals surface area (Å²) < 4.78 is 47.1. The van der Waals surface area contributed by atoms with Crippen LogP contribution in [0.2, 0.25) is 5.02 Å². The number of ether oxygens (including phenoxy) is 1. The van der Waals surface area contributed by atoms with Crippen LogP contribution in [0, 0.1) is 18.7 Å². The van der Waals surface area contributed by atoms with Gasteiger partial charge < -0.3 is 10.1 Å². The highest BCUT2D eigenvalue weighted by atomic mass is 35.5. The summed E-state index contributed by atoms with van der Waals surface area (Å²) in [5, 5.41) is 2.90. The van der Waals surface area contributed by atoms with Gasteiger partial charge >= 0.3 is 0 Å². The zero-order valence-electron chi connectivity index (χ0n) is 17.0. The van der Waals surface area contributed by atoms with Gasteiger partial charge in [-0.15, -0.1) is 0 Å². The van der Waals surface area contributed by atoms with Crippen LogP contribution in [0.1, 0.15) is 30.4 Å². The molecule has 3 fully saturated rings. The van der Waals surface area contributed by atoms with E-state index in [-0.39, 0.29) is 41.0 Å². The minimum absolute atomic E-state index is 0.0160. The standard InChI is InChI=1S/C22H24ClFN2O4S/c1-14-4-2-3-5-15(14)13-31(28,29)26-22-9-16(10-22)20(11-22)25-21(27)12-30-17-6-7-18(23)19(24)8-17/h2-8,16,20,26H,9-13H2,1H3,(H,25,27)/t16?,20-,22?/m0/s1. The van der Waals surface area contributed by atoms with Gasteiger partial charge in [0.2, 0.25) is 10.0 Å². The van der Waals surface area contributed by atoms with E-state index in [1.165, 1.54) is 12.1 Å². The number of sulfonamides is 1. The van der Waals surface area contributed by atoms with Crippen LogP contribution in [0.3, 0.4) is 0 Å². The van der Waals surface area contributed by atoms with Crippen molar-refractivity contribution < 1.29 is 22.3 Å². The third-order valence-electron chi connectivity index (χ3n) is 6.07. The van der Waals surface area contributed by atoms with Gasteiger partial charge in [0, 0.05) is 17.6 Å². The molecule has 0 saturated heterocycles. The van der Waals surface area contributed by atoms with Gasteiger partial charge in [-0.2, -0.15) is 0 Å². The molecule has 3 saturated carbocycles. The normalized spacial score (nSPS) is 24.5. The van der Waals surface area contributed by atoms with Gasteiger partial charge in [-0.25, -0.2) is 17.5 Å². The number of halogens is 2. The highest BCUT2D eigenvalue weighted by Crippen LogP contribution is 2.52. The monoisotopic (exact) mass is 466 g/mol. The Kier molecular flexibility index (Phi) is 5.98. The van der Waals surface area contributed by atoms with E-state index in [2.05, 4.69) is 10.0 Å². The van der Waals surface area contributed by atoms with Crippen molar-refractivity contribution in [3.63, 3.8) is 0 Å². The Morgan fingerprint density at radius 3 is 2.68 bits per heavy atom. The maximum Gasteiger partial charge on any atom is 0.258 e. The fraction of sp³-hybridized carbons (Fsp3) is 0.409. The van der Waals surface area contributed by atoms with Crippen molar-refractivity contribution in [2.24, 2.45) is 5.92 Å². The number of carbonyl (C=O) groups excluding carboxylic acids is 1. The second-order valence-corrected chi connectivity index (χ2v) is 10.6. The molecule has 2 aromatic rings. The van der Waals surface area contributed by atoms with Crippen molar-refractivity contribution in [1.82, 2.24) is 10.0 Å². The Balaban J connectivity index is 1.29. The number of hydrogen-bond donors (Lipinski definition) is 2. The van der Waals surface area contributed by atoms with E-state index < -0.39 is 21.4 Å². The third kappa shape index (κ3) is 5.02. The number of nitrogens with one attached hydrogen (secondary N) is 2. The zero-order chi connectivity index (χ0) is 22.2. The number of fused-ring (bicyclic) bond motifs is 1. The van der Waals surface area contributed by atoms with Crippen LogP contribution in [-0.2, 0) is 20.6 Å². The van der Waals surface area contributed by atoms with Crippen LogP contribution in [-0.4, -0.2) is 32.5 Å². The Morgan fingerprint density at radius 2 is 1.97 bits per heavy atom. The SMILES string of the molecule is Cc1ccccc1CS(=O)(=O)NC12CC(C1)[C@@H](NC(=O)COc1ccc(Cl)c(F)c1)C2. The summed E-state index contributed by atoms with van der Waals surface area (Å²) in [7, 11) is -3.50. The molecule has 2 N–H and O–H groups in total. The fourth-order valence-electron chi connectivity index (χ4n) is 4.58. The summed E-state index contributed by atoms with van der Waals surface area (Å²) in [5.74, 6) is -0.553. The lowest BCUT2D eigenvalue weighted by Gasteiger charge is -2.38. The van der Waals surface area contributed by atoms with E-state index >= 15 is 0 Å². The minimum Gasteiger partial charge on any atom is -0.484 e. The van der Waals surface area contributed by atoms with Crippen LogP contribution in [0.25, 0.3) is 0 Å². The molecule has 0 unspecified atom stereocenters. The maximum absolute atomic E-state index is 13.5. The average Bonchev–Trinajstić information content (AvgIpc) is 3.17. The molecular formula is C22H24ClFN2O4S. The molecule has 2 bridgehead atoms. The van der Waals surface area contributed by atoms with E-state index in [9.17, 15) is 17.6 Å². The van der Waals surface area contributed by atoms with Crippen LogP contribution < -0.4 is 14.8 Å². The third-order valence-corrected chi connectivity index (χ3v) is 7.81. The van der Waals surface area contributed by atoms with Gasteiger partial charge in [-0.1, -0.05) is 35.9 Å². The first-order valence-corrected chi connectivity index (χ1v) is 12.1. The fourth-order valence-corrected chi connectivity index (χ4v) is 6.42. The predicted molar refractivity (Wildman–Crippen MR) is 116 cm³/mol. The van der Waals surface area contributed by atoms with Crippen LogP contribution in [0.5, 0.6) is 5.75 Å². The summed E-state index contributed by atoms with van der Waals surface area (Å²) in [6.07, 6.45) is 1.95. The molecule has 0 radical (unpaired) electrons. The summed E-state index contributed by atoms with van der Waals surface area (Å²) in [6.45, 7) is 1.64. The molecule has 0 aromatic heterocycles. The quantitative estimate of drug-likeness (QED) is 0.625. The van der Waals surface area contributed by atoms with E-state index in [1.807, 2.05) is 31.2 Å². The van der Waals surface area contributed by atoms with Crippen LogP contribution in [0.4, 0.5) is 4.39 Å². The van der Waals surface area contributed by atoms with Gasteiger partial charge in [0.05, 0.1) is 10.8 Å². The number of aryl methyl sites for hydroxylation is 1. The minimum atomic E-state index is -3.50. The van der Waals surface area contributed by atoms with E-state index in [1.54, 1.807) is 0 Å². The van der Waals surface area contributed by atoms with E-state index in [0.717, 1.165) is 17.2 Å². The Hall–Kier alpha value is -2.16. The molecule has 166 valence electrons. The molecule has 6 nitrogen and oxygen atoms in total. The highest BCUT2D eigenvalue weighted by Gasteiger charge is 2.57. The predicted octanol–water partition coefficient (Wildman–Crippen LogP) is 3.32. The lowest BCUT2D eigenvalue weighted by atomic mass is 9.78. The van der Waals surface area contributed by atoms with Crippen molar-refractivity contribution in [3.05, 3.63) is 64.4 Å². The Morgan fingerprint density at radius 1 is 1.23 bits per heavy atom. The second-order valence-electron chi connectivity index (χ2n) is 8.48. The molecule has 0 heterocycles. The van der Waals surface area contributed by atoms with Crippen molar-refractivity contribution in [1.29, 1.82) is 0 Å². The molecule has 9 heteroatoms. The highest BCUT2D eigenvalue weighted by molar-refractivity contribution is 7.88. The molecule has 1 atom stereocenters. The van der Waals surface area contributed by atoms with Gasteiger partial charge in [0.15, 0.2) is 6.61 Å². The Labute approximate surface area is 186 Å². The van der Waals surface area contributed by atoms with Crippen molar-refractivity contribution in [2.75, 3.05) is 6.61 Å². The lowest BCUT2D eigenvalue weighted by Crippen LogP contribution is -2.52. The largest absolute Gasteiger partial charge is 0.484 e. The summed E-state index contributed by atoms with van der Waals surface area (Å²) in [5.41, 5.74) is 1.22. The summed E-state index contributed by atoms with van der Waals surface area (Å²) >= 11 is 5.63. The number of hydrogen-bond acceptors (Lipinski definition) is 4. The van der Waals surface area contributed by atoms with Crippen molar-refractivity contribution in [2.45, 2.75) is 43.5 Å². The molecule has 31 heavy (non-hydrogen) atoms. The number of carbonyl (C=O) groups is 1. The van der Waals surface area contributed by atoms with Crippen molar-refractivity contribution >= 4 is 27.5 Å². The first kappa shape index (κ1) is 22.0. The molecule has 0 aliphatic heterocycles. The van der Waals surface area contributed by atoms with Crippen LogP contribution in [0.15, 0.2) is 42.5 Å². The zero-order valence-corrected chi connectivity index (χ0v) is 18.6. The number of benzene rings is 2. The first-order valence-electron chi connectivity index (χ1n) is 10.1. The molecule has 3 aliphatic rings. The lowest BCUT2D eigenvalue weighted by molar-refractivity contribution is -0.124. The molecular weight excluding hydrogens is 443 g/mol. The topological polar surface area (TPSA) is 84.5 Å². The van der Waals surface area contributed by atoms with Gasteiger partial charge in [0.1, 0.15) is 11.6 Å². The Bertz CT molecular complexity index is 1100. The maximum atomic E-state index is 13.5. The van der Waals surface area contributed by atoms with Gasteiger partial charge in [-0.3, -0.25) is 4.79 Å². The molecule has 1 amide bonds. The number of rotatable bonds is 8. The molecule has 0 spiro atoms. The summed E-state index contributed by atoms with van der Waals surface area (Å²) in [6, 6.07) is 11.3. The smallest absolute Gasteiger partial charge is 0.258 e. The van der Waals surface area contributed by atoms with Crippen LogP contribution >= 0.6 is 11.6 Å². The molecule has 3 aliphatic carbocycles. The first-order chi connectivity index (χ1) is 14.6. The summed E-state index contributed by atoms with van der Waals surface area (Å²) in [4.78, 5) is 12.3. The van der Waals surface area contributed by atoms with Gasteiger partial charge in [-0.05, 0) is 55.4 Å². The number of amides is 1. The molecule has 2 aromatic carbocycles. The van der Waals surface area contributed by atoms with Crippen molar-refractivity contribution in [3.8, 4) is 5.75 Å². The second kappa shape index (κ2) is 8.41. The van der Waals surface area contributed by atoms with E-state index in [0.29, 0.717) is 19.3 Å². The van der Waals surface area contributed by atoms with Gasteiger partial charge in [0.25, 0.3) is 5.91 Å². The molecule has 5 rings (SSSR count). The van der Waals surface area contributed by atoms with E-state index in [4.69, 9.17) is 16.3 Å². The average molecular weight is 467 g/mol.